The summed E-state index contributed by atoms with van der Waals surface area (Å²) in [6.45, 7) is 4.47. The zero-order valence-corrected chi connectivity index (χ0v) is 9.40. The van der Waals surface area contributed by atoms with E-state index in [0.29, 0.717) is 6.61 Å². The number of aliphatic hydroxyl groups excluding tert-OH is 1. The predicted molar refractivity (Wildman–Crippen MR) is 56.2 cm³/mol. The SMILES string of the molecule is CCCC(C)OC(COC)C(N)CO. The zero-order valence-electron chi connectivity index (χ0n) is 9.40. The van der Waals surface area contributed by atoms with Crippen molar-refractivity contribution in [3.63, 3.8) is 0 Å². The van der Waals surface area contributed by atoms with Gasteiger partial charge in [0.25, 0.3) is 0 Å². The molecule has 0 fully saturated rings. The highest BCUT2D eigenvalue weighted by Crippen LogP contribution is 2.07. The van der Waals surface area contributed by atoms with Gasteiger partial charge in [0.2, 0.25) is 0 Å². The van der Waals surface area contributed by atoms with Crippen molar-refractivity contribution in [1.82, 2.24) is 0 Å². The molecule has 0 aromatic heterocycles. The molecule has 0 saturated heterocycles. The van der Waals surface area contributed by atoms with Crippen LogP contribution in [0.3, 0.4) is 0 Å². The van der Waals surface area contributed by atoms with Gasteiger partial charge in [0.15, 0.2) is 0 Å². The van der Waals surface area contributed by atoms with Crippen molar-refractivity contribution < 1.29 is 14.6 Å². The quantitative estimate of drug-likeness (QED) is 0.606. The lowest BCUT2D eigenvalue weighted by atomic mass is 10.1. The highest BCUT2D eigenvalue weighted by atomic mass is 16.5. The van der Waals surface area contributed by atoms with E-state index in [0.717, 1.165) is 12.8 Å². The largest absolute Gasteiger partial charge is 0.395 e. The van der Waals surface area contributed by atoms with Crippen molar-refractivity contribution in [3.8, 4) is 0 Å². The molecule has 0 heterocycles. The lowest BCUT2D eigenvalue weighted by Gasteiger charge is -2.25. The fraction of sp³-hybridized carbons (Fsp3) is 1.00. The molecule has 0 bridgehead atoms. The first-order valence-electron chi connectivity index (χ1n) is 5.16. The predicted octanol–water partition coefficient (Wildman–Crippen LogP) is 0.526. The fourth-order valence-corrected chi connectivity index (χ4v) is 1.32. The topological polar surface area (TPSA) is 64.7 Å². The van der Waals surface area contributed by atoms with E-state index in [1.54, 1.807) is 7.11 Å². The second-order valence-electron chi connectivity index (χ2n) is 3.58. The lowest BCUT2D eigenvalue weighted by Crippen LogP contribution is -2.44. The third-order valence-electron chi connectivity index (χ3n) is 2.12. The maximum atomic E-state index is 8.91. The average molecular weight is 205 g/mol. The van der Waals surface area contributed by atoms with Gasteiger partial charge in [-0.15, -0.1) is 0 Å². The Hall–Kier alpha value is -0.160. The Bertz CT molecular complexity index is 133. The first-order valence-corrected chi connectivity index (χ1v) is 5.16. The summed E-state index contributed by atoms with van der Waals surface area (Å²) in [5.74, 6) is 0. The van der Waals surface area contributed by atoms with Gasteiger partial charge in [-0.25, -0.2) is 0 Å². The van der Waals surface area contributed by atoms with E-state index in [9.17, 15) is 0 Å². The molecule has 0 spiro atoms. The summed E-state index contributed by atoms with van der Waals surface area (Å²) < 4.78 is 10.7. The summed E-state index contributed by atoms with van der Waals surface area (Å²) in [4.78, 5) is 0. The third kappa shape index (κ3) is 5.54. The summed E-state index contributed by atoms with van der Waals surface area (Å²) in [6, 6.07) is -0.366. The second kappa shape index (κ2) is 8.17. The van der Waals surface area contributed by atoms with Crippen LogP contribution in [0.2, 0.25) is 0 Å². The number of rotatable bonds is 8. The molecule has 3 N–H and O–H groups in total. The van der Waals surface area contributed by atoms with E-state index in [4.69, 9.17) is 20.3 Å². The standard InChI is InChI=1S/C10H23NO3/c1-4-5-8(2)14-10(7-13-3)9(11)6-12/h8-10,12H,4-7,11H2,1-3H3. The van der Waals surface area contributed by atoms with E-state index >= 15 is 0 Å². The van der Waals surface area contributed by atoms with Gasteiger partial charge in [0.1, 0.15) is 0 Å². The molecule has 4 nitrogen and oxygen atoms in total. The number of nitrogens with two attached hydrogens (primary N) is 1. The number of hydrogen-bond acceptors (Lipinski definition) is 4. The fourth-order valence-electron chi connectivity index (χ4n) is 1.32. The van der Waals surface area contributed by atoms with Gasteiger partial charge < -0.3 is 20.3 Å². The number of hydrogen-bond donors (Lipinski definition) is 2. The molecule has 0 rings (SSSR count). The number of aliphatic hydroxyl groups is 1. The first kappa shape index (κ1) is 13.8. The summed E-state index contributed by atoms with van der Waals surface area (Å²) in [5.41, 5.74) is 5.69. The maximum Gasteiger partial charge on any atom is 0.0984 e. The van der Waals surface area contributed by atoms with Gasteiger partial charge in [-0.3, -0.25) is 0 Å². The van der Waals surface area contributed by atoms with E-state index in [2.05, 4.69) is 6.92 Å². The molecule has 3 atom stereocenters. The van der Waals surface area contributed by atoms with Crippen LogP contribution in [0.1, 0.15) is 26.7 Å². The summed E-state index contributed by atoms with van der Waals surface area (Å²) in [7, 11) is 1.60. The van der Waals surface area contributed by atoms with E-state index in [1.807, 2.05) is 6.92 Å². The zero-order chi connectivity index (χ0) is 11.0. The van der Waals surface area contributed by atoms with Crippen LogP contribution in [0.5, 0.6) is 0 Å². The van der Waals surface area contributed by atoms with Crippen LogP contribution in [-0.4, -0.2) is 43.7 Å². The molecule has 4 heteroatoms. The Balaban J connectivity index is 3.94. The summed E-state index contributed by atoms with van der Waals surface area (Å²) >= 11 is 0. The summed E-state index contributed by atoms with van der Waals surface area (Å²) in [5, 5.41) is 8.91. The minimum Gasteiger partial charge on any atom is -0.395 e. The summed E-state index contributed by atoms with van der Waals surface area (Å²) in [6.07, 6.45) is 2.03. The molecule has 0 aliphatic rings. The molecule has 0 amide bonds. The highest BCUT2D eigenvalue weighted by molar-refractivity contribution is 4.73. The van der Waals surface area contributed by atoms with Gasteiger partial charge in [-0.1, -0.05) is 13.3 Å². The van der Waals surface area contributed by atoms with E-state index < -0.39 is 0 Å². The van der Waals surface area contributed by atoms with Crippen LogP contribution in [0.25, 0.3) is 0 Å². The Morgan fingerprint density at radius 1 is 1.43 bits per heavy atom. The van der Waals surface area contributed by atoms with Crippen LogP contribution in [0.15, 0.2) is 0 Å². The molecule has 86 valence electrons. The van der Waals surface area contributed by atoms with E-state index in [1.165, 1.54) is 0 Å². The van der Waals surface area contributed by atoms with Crippen molar-refractivity contribution >= 4 is 0 Å². The van der Waals surface area contributed by atoms with Gasteiger partial charge in [-0.2, -0.15) is 0 Å². The Morgan fingerprint density at radius 2 is 2.07 bits per heavy atom. The van der Waals surface area contributed by atoms with Gasteiger partial charge in [0, 0.05) is 7.11 Å². The molecule has 14 heavy (non-hydrogen) atoms. The third-order valence-corrected chi connectivity index (χ3v) is 2.12. The molecule has 0 radical (unpaired) electrons. The van der Waals surface area contributed by atoms with Gasteiger partial charge in [-0.05, 0) is 13.3 Å². The second-order valence-corrected chi connectivity index (χ2v) is 3.58. The van der Waals surface area contributed by atoms with E-state index in [-0.39, 0.29) is 24.9 Å². The molecule has 0 aromatic carbocycles. The van der Waals surface area contributed by atoms with Gasteiger partial charge in [0.05, 0.1) is 31.5 Å². The molecule has 0 aliphatic carbocycles. The maximum absolute atomic E-state index is 8.91. The minimum absolute atomic E-state index is 0.0765. The Morgan fingerprint density at radius 3 is 2.50 bits per heavy atom. The molecule has 0 aromatic rings. The van der Waals surface area contributed by atoms with Crippen LogP contribution in [-0.2, 0) is 9.47 Å². The normalized spacial score (nSPS) is 17.8. The van der Waals surface area contributed by atoms with Crippen molar-refractivity contribution in [2.45, 2.75) is 44.9 Å². The van der Waals surface area contributed by atoms with Crippen LogP contribution >= 0.6 is 0 Å². The van der Waals surface area contributed by atoms with Crippen LogP contribution in [0, 0.1) is 0 Å². The minimum atomic E-state index is -0.366. The Labute approximate surface area is 86.4 Å². The lowest BCUT2D eigenvalue weighted by molar-refractivity contribution is -0.0622. The van der Waals surface area contributed by atoms with Crippen molar-refractivity contribution in [2.75, 3.05) is 20.3 Å². The van der Waals surface area contributed by atoms with Crippen LogP contribution < -0.4 is 5.73 Å². The molecular formula is C10H23NO3. The molecule has 0 aliphatic heterocycles. The monoisotopic (exact) mass is 205 g/mol. The van der Waals surface area contributed by atoms with Crippen molar-refractivity contribution in [1.29, 1.82) is 0 Å². The first-order chi connectivity index (χ1) is 6.65. The average Bonchev–Trinajstić information content (AvgIpc) is 2.16. The molecular weight excluding hydrogens is 182 g/mol. The van der Waals surface area contributed by atoms with Crippen molar-refractivity contribution in [3.05, 3.63) is 0 Å². The highest BCUT2D eigenvalue weighted by Gasteiger charge is 2.19. The van der Waals surface area contributed by atoms with Gasteiger partial charge >= 0.3 is 0 Å². The number of ether oxygens (including phenoxy) is 2. The molecule has 0 saturated carbocycles. The molecule has 3 unspecified atom stereocenters. The smallest absolute Gasteiger partial charge is 0.0984 e. The number of methoxy groups -OCH3 is 1. The van der Waals surface area contributed by atoms with Crippen molar-refractivity contribution in [2.24, 2.45) is 5.73 Å². The van der Waals surface area contributed by atoms with Crippen LogP contribution in [0.4, 0.5) is 0 Å². The Kier molecular flexibility index (Phi) is 8.08.